The average Bonchev–Trinajstić information content (AvgIpc) is 2.65. The number of carbonyl (C=O) groups excluding carboxylic acids is 1. The predicted molar refractivity (Wildman–Crippen MR) is 101 cm³/mol. The summed E-state index contributed by atoms with van der Waals surface area (Å²) in [6.07, 6.45) is 7.40. The quantitative estimate of drug-likeness (QED) is 0.885. The fourth-order valence-electron chi connectivity index (χ4n) is 4.18. The van der Waals surface area contributed by atoms with Crippen molar-refractivity contribution in [3.63, 3.8) is 0 Å². The number of amides is 1. The van der Waals surface area contributed by atoms with Gasteiger partial charge in [-0.15, -0.1) is 0 Å². The Morgan fingerprint density at radius 1 is 1.20 bits per heavy atom. The molecule has 0 unspecified atom stereocenters. The van der Waals surface area contributed by atoms with Crippen molar-refractivity contribution in [3.8, 4) is 5.75 Å². The Morgan fingerprint density at radius 2 is 1.88 bits per heavy atom. The summed E-state index contributed by atoms with van der Waals surface area (Å²) in [5.41, 5.74) is 0.990. The second-order valence-electron chi connectivity index (χ2n) is 7.54. The van der Waals surface area contributed by atoms with Crippen LogP contribution < -0.4 is 0 Å². The molecule has 0 radical (unpaired) electrons. The van der Waals surface area contributed by atoms with Crippen molar-refractivity contribution >= 4 is 17.5 Å². The van der Waals surface area contributed by atoms with Crippen molar-refractivity contribution < 1.29 is 9.90 Å². The molecule has 1 N–H and O–H groups in total. The number of phenols is 1. The normalized spacial score (nSPS) is 21.3. The van der Waals surface area contributed by atoms with Crippen LogP contribution in [0.5, 0.6) is 5.75 Å². The van der Waals surface area contributed by atoms with Gasteiger partial charge in [0.15, 0.2) is 0 Å². The van der Waals surface area contributed by atoms with E-state index in [4.69, 9.17) is 11.6 Å². The first-order valence-electron chi connectivity index (χ1n) is 9.55. The number of rotatable bonds is 4. The number of piperazine rings is 1. The van der Waals surface area contributed by atoms with Gasteiger partial charge in [0.1, 0.15) is 5.75 Å². The summed E-state index contributed by atoms with van der Waals surface area (Å²) in [4.78, 5) is 17.4. The van der Waals surface area contributed by atoms with Gasteiger partial charge in [-0.2, -0.15) is 0 Å². The maximum absolute atomic E-state index is 12.8. The van der Waals surface area contributed by atoms with Crippen LogP contribution in [0.3, 0.4) is 0 Å². The molecule has 5 heteroatoms. The summed E-state index contributed by atoms with van der Waals surface area (Å²) in [5, 5.41) is 9.86. The first-order valence-corrected chi connectivity index (χ1v) is 9.92. The molecular weight excluding hydrogens is 336 g/mol. The van der Waals surface area contributed by atoms with Crippen LogP contribution in [0.4, 0.5) is 0 Å². The van der Waals surface area contributed by atoms with Crippen molar-refractivity contribution in [2.75, 3.05) is 26.2 Å². The minimum Gasteiger partial charge on any atom is -0.506 e. The molecule has 0 aromatic heterocycles. The van der Waals surface area contributed by atoms with E-state index in [1.807, 2.05) is 17.9 Å². The molecule has 2 fully saturated rings. The van der Waals surface area contributed by atoms with Crippen molar-refractivity contribution in [2.45, 2.75) is 51.5 Å². The number of hydrogen-bond acceptors (Lipinski definition) is 3. The van der Waals surface area contributed by atoms with Crippen LogP contribution in [0.15, 0.2) is 18.2 Å². The highest BCUT2D eigenvalue weighted by atomic mass is 35.5. The van der Waals surface area contributed by atoms with Gasteiger partial charge in [-0.3, -0.25) is 9.69 Å². The maximum Gasteiger partial charge on any atom is 0.225 e. The summed E-state index contributed by atoms with van der Waals surface area (Å²) >= 11 is 5.96. The highest BCUT2D eigenvalue weighted by Crippen LogP contribution is 2.26. The lowest BCUT2D eigenvalue weighted by atomic mass is 9.93. The number of aromatic hydroxyl groups is 1. The predicted octanol–water partition coefficient (Wildman–Crippen LogP) is 3.70. The number of phenolic OH excluding ortho intramolecular Hbond substituents is 1. The van der Waals surface area contributed by atoms with Gasteiger partial charge in [-0.05, 0) is 37.0 Å². The number of benzene rings is 1. The molecule has 1 aliphatic heterocycles. The van der Waals surface area contributed by atoms with Gasteiger partial charge < -0.3 is 10.0 Å². The second kappa shape index (κ2) is 8.41. The third kappa shape index (κ3) is 4.68. The fourth-order valence-corrected chi connectivity index (χ4v) is 4.39. The molecule has 1 atom stereocenters. The van der Waals surface area contributed by atoms with Crippen LogP contribution in [-0.2, 0) is 11.2 Å². The molecule has 138 valence electrons. The highest BCUT2D eigenvalue weighted by Gasteiger charge is 2.28. The van der Waals surface area contributed by atoms with Crippen molar-refractivity contribution in [1.82, 2.24) is 9.80 Å². The highest BCUT2D eigenvalue weighted by molar-refractivity contribution is 6.32. The van der Waals surface area contributed by atoms with Crippen LogP contribution in [-0.4, -0.2) is 53.0 Å². The summed E-state index contributed by atoms with van der Waals surface area (Å²) < 4.78 is 0. The summed E-state index contributed by atoms with van der Waals surface area (Å²) in [7, 11) is 0. The molecule has 25 heavy (non-hydrogen) atoms. The zero-order valence-corrected chi connectivity index (χ0v) is 15.8. The van der Waals surface area contributed by atoms with Gasteiger partial charge in [-0.1, -0.05) is 43.9 Å². The zero-order valence-electron chi connectivity index (χ0n) is 15.1. The summed E-state index contributed by atoms with van der Waals surface area (Å²) in [6, 6.07) is 5.92. The molecule has 4 nitrogen and oxygen atoms in total. The van der Waals surface area contributed by atoms with E-state index in [0.717, 1.165) is 37.8 Å². The lowest BCUT2D eigenvalue weighted by Gasteiger charge is -2.41. The number of carbonyl (C=O) groups is 1. The molecule has 2 aliphatic rings. The monoisotopic (exact) mass is 364 g/mol. The Hall–Kier alpha value is -1.26. The first kappa shape index (κ1) is 18.5. The van der Waals surface area contributed by atoms with E-state index >= 15 is 0 Å². The van der Waals surface area contributed by atoms with Gasteiger partial charge >= 0.3 is 0 Å². The van der Waals surface area contributed by atoms with Crippen LogP contribution in [0, 0.1) is 5.92 Å². The molecule has 1 aliphatic carbocycles. The molecule has 0 spiro atoms. The van der Waals surface area contributed by atoms with Gasteiger partial charge in [0.25, 0.3) is 0 Å². The van der Waals surface area contributed by atoms with Crippen LogP contribution in [0.25, 0.3) is 0 Å². The standard InChI is InChI=1S/C20H29ClN2O2/c1-15(13-16-7-8-19(24)18(21)14-16)20(25)23-11-9-22(10-12-23)17-5-3-2-4-6-17/h7-8,14-15,17,24H,2-6,9-13H2,1H3/t15-/m1/s1. The van der Waals surface area contributed by atoms with E-state index in [-0.39, 0.29) is 17.6 Å². The molecule has 1 aromatic rings. The van der Waals surface area contributed by atoms with E-state index in [1.165, 1.54) is 32.1 Å². The van der Waals surface area contributed by atoms with Gasteiger partial charge in [-0.25, -0.2) is 0 Å². The molecule has 0 bridgehead atoms. The van der Waals surface area contributed by atoms with E-state index < -0.39 is 0 Å². The fraction of sp³-hybridized carbons (Fsp3) is 0.650. The molecule has 1 saturated carbocycles. The maximum atomic E-state index is 12.8. The lowest BCUT2D eigenvalue weighted by Crippen LogP contribution is -2.53. The molecule has 1 aromatic carbocycles. The van der Waals surface area contributed by atoms with E-state index in [2.05, 4.69) is 4.90 Å². The van der Waals surface area contributed by atoms with E-state index in [9.17, 15) is 9.90 Å². The smallest absolute Gasteiger partial charge is 0.225 e. The minimum absolute atomic E-state index is 0.0677. The van der Waals surface area contributed by atoms with E-state index in [0.29, 0.717) is 11.4 Å². The Kier molecular flexibility index (Phi) is 6.24. The number of nitrogens with zero attached hydrogens (tertiary/aromatic N) is 2. The topological polar surface area (TPSA) is 43.8 Å². The van der Waals surface area contributed by atoms with Crippen LogP contribution in [0.1, 0.15) is 44.6 Å². The largest absolute Gasteiger partial charge is 0.506 e. The van der Waals surface area contributed by atoms with Gasteiger partial charge in [0.05, 0.1) is 5.02 Å². The summed E-state index contributed by atoms with van der Waals surface area (Å²) in [6.45, 7) is 5.69. The Labute approximate surface area is 155 Å². The molecule has 3 rings (SSSR count). The molecule has 1 heterocycles. The average molecular weight is 365 g/mol. The van der Waals surface area contributed by atoms with Gasteiger partial charge in [0, 0.05) is 38.1 Å². The lowest BCUT2D eigenvalue weighted by molar-refractivity contribution is -0.137. The number of halogens is 1. The zero-order chi connectivity index (χ0) is 17.8. The second-order valence-corrected chi connectivity index (χ2v) is 7.95. The van der Waals surface area contributed by atoms with Crippen molar-refractivity contribution in [2.24, 2.45) is 5.92 Å². The van der Waals surface area contributed by atoms with Crippen LogP contribution >= 0.6 is 11.6 Å². The Balaban J connectivity index is 1.50. The Bertz CT molecular complexity index is 593. The Morgan fingerprint density at radius 3 is 2.52 bits per heavy atom. The minimum atomic E-state index is -0.0677. The molecular formula is C20H29ClN2O2. The summed E-state index contributed by atoms with van der Waals surface area (Å²) in [5.74, 6) is 0.248. The third-order valence-electron chi connectivity index (χ3n) is 5.69. The van der Waals surface area contributed by atoms with Crippen molar-refractivity contribution in [3.05, 3.63) is 28.8 Å². The van der Waals surface area contributed by atoms with Crippen LogP contribution in [0.2, 0.25) is 5.02 Å². The van der Waals surface area contributed by atoms with Gasteiger partial charge in [0.2, 0.25) is 5.91 Å². The molecule has 1 amide bonds. The molecule has 1 saturated heterocycles. The number of hydrogen-bond donors (Lipinski definition) is 1. The first-order chi connectivity index (χ1) is 12.0. The SMILES string of the molecule is C[C@H](Cc1ccc(O)c(Cl)c1)C(=O)N1CCN(C2CCCCC2)CC1. The van der Waals surface area contributed by atoms with E-state index in [1.54, 1.807) is 12.1 Å². The third-order valence-corrected chi connectivity index (χ3v) is 6.00. The van der Waals surface area contributed by atoms with Crippen molar-refractivity contribution in [1.29, 1.82) is 0 Å².